The average molecular weight is 491 g/mol. The van der Waals surface area contributed by atoms with Gasteiger partial charge in [-0.05, 0) is 19.4 Å². The predicted octanol–water partition coefficient (Wildman–Crippen LogP) is -0.181. The van der Waals surface area contributed by atoms with Crippen LogP contribution in [-0.2, 0) is 28.0 Å². The van der Waals surface area contributed by atoms with Gasteiger partial charge in [-0.1, -0.05) is 6.92 Å². The third-order valence-electron chi connectivity index (χ3n) is 6.97. The van der Waals surface area contributed by atoms with Crippen LogP contribution in [0.3, 0.4) is 0 Å². The highest BCUT2D eigenvalue weighted by Crippen LogP contribution is 2.51. The Morgan fingerprint density at radius 3 is 2.82 bits per heavy atom. The van der Waals surface area contributed by atoms with Crippen molar-refractivity contribution in [3.05, 3.63) is 34.9 Å². The Hall–Kier alpha value is -2.63. The van der Waals surface area contributed by atoms with Crippen LogP contribution in [0.15, 0.2) is 29.2 Å². The van der Waals surface area contributed by atoms with E-state index in [0.29, 0.717) is 6.04 Å². The van der Waals surface area contributed by atoms with Gasteiger partial charge in [0.05, 0.1) is 31.7 Å². The number of carbonyl (C=O) groups is 3. The molecule has 3 aliphatic heterocycles. The maximum absolute atomic E-state index is 12.5. The van der Waals surface area contributed by atoms with Crippen molar-refractivity contribution in [3.63, 3.8) is 0 Å². The molecule has 2 fully saturated rings. The summed E-state index contributed by atoms with van der Waals surface area (Å²) in [6.45, 7) is 5.11. The van der Waals surface area contributed by atoms with Crippen molar-refractivity contribution in [3.8, 4) is 0 Å². The molecule has 0 radical (unpaired) electrons. The summed E-state index contributed by atoms with van der Waals surface area (Å²) >= 11 is 1.56. The van der Waals surface area contributed by atoms with Gasteiger partial charge < -0.3 is 26.2 Å². The molecule has 0 unspecified atom stereocenters. The number of rotatable bonds is 9. The molecule has 0 aliphatic carbocycles. The predicted molar refractivity (Wildman–Crippen MR) is 126 cm³/mol. The number of carboxylic acid groups (broad SMARTS) is 1. The fourth-order valence-electron chi connectivity index (χ4n) is 5.29. The van der Waals surface area contributed by atoms with Crippen LogP contribution in [0.4, 0.5) is 0 Å². The summed E-state index contributed by atoms with van der Waals surface area (Å²) in [5.41, 5.74) is 6.14. The topological polar surface area (TPSA) is 142 Å². The molecular formula is C23H32N5O5S+. The van der Waals surface area contributed by atoms with E-state index >= 15 is 0 Å². The van der Waals surface area contributed by atoms with Gasteiger partial charge in [-0.3, -0.25) is 9.59 Å². The minimum atomic E-state index is -1.08. The van der Waals surface area contributed by atoms with Crippen LogP contribution >= 0.6 is 11.8 Å². The maximum Gasteiger partial charge on any atom is 0.353 e. The van der Waals surface area contributed by atoms with Crippen LogP contribution < -0.4 is 15.6 Å². The molecule has 4 heterocycles. The van der Waals surface area contributed by atoms with Gasteiger partial charge in [0.25, 0.3) is 0 Å². The third kappa shape index (κ3) is 4.51. The van der Waals surface area contributed by atoms with E-state index in [2.05, 4.69) is 9.88 Å². The second-order valence-electron chi connectivity index (χ2n) is 9.40. The lowest BCUT2D eigenvalue weighted by Crippen LogP contribution is -2.63. The van der Waals surface area contributed by atoms with Crippen molar-refractivity contribution in [1.29, 1.82) is 0 Å². The number of aromatic nitrogens is 2. The summed E-state index contributed by atoms with van der Waals surface area (Å²) < 4.78 is 3.99. The van der Waals surface area contributed by atoms with E-state index in [0.717, 1.165) is 36.5 Å². The number of aryl methyl sites for hydroxylation is 2. The Kier molecular flexibility index (Phi) is 6.88. The monoisotopic (exact) mass is 490 g/mol. The summed E-state index contributed by atoms with van der Waals surface area (Å²) in [5.74, 6) is -2.52. The second kappa shape index (κ2) is 9.55. The molecule has 1 aromatic heterocycles. The largest absolute Gasteiger partial charge is 0.477 e. The average Bonchev–Trinajstić information content (AvgIpc) is 3.41. The lowest BCUT2D eigenvalue weighted by molar-refractivity contribution is -0.697. The molecule has 11 heteroatoms. The number of aliphatic hydroxyl groups excluding tert-OH is 1. The molecule has 3 aliphatic rings. The Labute approximate surface area is 202 Å². The molecule has 4 rings (SSSR count). The van der Waals surface area contributed by atoms with Gasteiger partial charge in [-0.25, -0.2) is 13.9 Å². The van der Waals surface area contributed by atoms with Crippen molar-refractivity contribution in [2.75, 3.05) is 6.54 Å². The number of primary amides is 1. The summed E-state index contributed by atoms with van der Waals surface area (Å²) in [6.07, 6.45) is 7.96. The van der Waals surface area contributed by atoms with E-state index in [4.69, 9.17) is 5.73 Å². The highest BCUT2D eigenvalue weighted by atomic mass is 32.2. The first-order valence-corrected chi connectivity index (χ1v) is 12.4. The van der Waals surface area contributed by atoms with Crippen molar-refractivity contribution >= 4 is 35.6 Å². The molecule has 0 aromatic carbocycles. The molecular weight excluding hydrogens is 458 g/mol. The highest BCUT2D eigenvalue weighted by Gasteiger charge is 2.60. The second-order valence-corrected chi connectivity index (χ2v) is 10.7. The van der Waals surface area contributed by atoms with Gasteiger partial charge >= 0.3 is 5.97 Å². The lowest BCUT2D eigenvalue weighted by atomic mass is 9.79. The van der Waals surface area contributed by atoms with E-state index in [9.17, 15) is 24.6 Å². The summed E-state index contributed by atoms with van der Waals surface area (Å²) in [4.78, 5) is 37.6. The Balaban J connectivity index is 1.36. The van der Waals surface area contributed by atoms with E-state index in [-0.39, 0.29) is 28.8 Å². The molecule has 0 bridgehead atoms. The molecule has 184 valence electrons. The zero-order valence-corrected chi connectivity index (χ0v) is 20.4. The number of nitrogens with two attached hydrogens (primary N) is 1. The number of carbonyl (C=O) groups excluding carboxylic acids is 2. The molecule has 10 nitrogen and oxygen atoms in total. The third-order valence-corrected chi connectivity index (χ3v) is 8.48. The number of β-lactam (4-membered cyclic amide) rings is 1. The van der Waals surface area contributed by atoms with Gasteiger partial charge in [-0.2, -0.15) is 0 Å². The number of hydrogen-bond acceptors (Lipinski definition) is 6. The number of hydrogen-bond donors (Lipinski definition) is 4. The lowest BCUT2D eigenvalue weighted by Gasteiger charge is -2.46. The van der Waals surface area contributed by atoms with Crippen LogP contribution in [0.2, 0.25) is 0 Å². The highest BCUT2D eigenvalue weighted by molar-refractivity contribution is 8.03. The van der Waals surface area contributed by atoms with E-state index in [1.807, 2.05) is 31.1 Å². The smallest absolute Gasteiger partial charge is 0.353 e. The zero-order chi connectivity index (χ0) is 24.7. The van der Waals surface area contributed by atoms with Crippen LogP contribution in [0, 0.1) is 11.8 Å². The van der Waals surface area contributed by atoms with Crippen LogP contribution in [0.25, 0.3) is 6.08 Å². The first-order valence-electron chi connectivity index (χ1n) is 11.5. The number of carboxylic acids is 1. The van der Waals surface area contributed by atoms with E-state index in [1.165, 1.54) is 11.0 Å². The van der Waals surface area contributed by atoms with Crippen LogP contribution in [-0.4, -0.2) is 67.4 Å². The number of thioether (sulfide) groups is 1. The first kappa shape index (κ1) is 24.5. The molecule has 5 N–H and O–H groups in total. The Bertz CT molecular complexity index is 1060. The standard InChI is InChI=1S/C23H31N5O5S/c1-12-19-18(13(2)29)22(31)28(19)20(23(32)33)21(12)34-16-8-14(25-9-16)6-7-27-10-15(26(3)11-27)4-5-17(24)30/h4-5,10-14,16,18-19,25,29H,6-9H2,1-3H3,(H2-,24,30,32,33)/p+1/t12-,13-,14-,16+,18-,19-/m1/s1. The molecule has 6 atom stereocenters. The van der Waals surface area contributed by atoms with E-state index < -0.39 is 23.9 Å². The fraction of sp³-hybridized carbons (Fsp3) is 0.565. The van der Waals surface area contributed by atoms with Gasteiger partial charge in [0.15, 0.2) is 5.69 Å². The molecule has 2 saturated heterocycles. The Morgan fingerprint density at radius 1 is 1.44 bits per heavy atom. The van der Waals surface area contributed by atoms with Crippen molar-refractivity contribution in [2.24, 2.45) is 24.6 Å². The van der Waals surface area contributed by atoms with Crippen molar-refractivity contribution < 1.29 is 29.2 Å². The Morgan fingerprint density at radius 2 is 2.18 bits per heavy atom. The molecule has 34 heavy (non-hydrogen) atoms. The van der Waals surface area contributed by atoms with E-state index in [1.54, 1.807) is 24.8 Å². The first-order chi connectivity index (χ1) is 16.1. The van der Waals surface area contributed by atoms with Gasteiger partial charge in [0.2, 0.25) is 18.1 Å². The van der Waals surface area contributed by atoms with Gasteiger partial charge in [-0.15, -0.1) is 11.8 Å². The molecule has 0 spiro atoms. The summed E-state index contributed by atoms with van der Waals surface area (Å²) in [6, 6.07) is 0.0165. The molecule has 0 saturated carbocycles. The van der Waals surface area contributed by atoms with Crippen LogP contribution in [0.1, 0.15) is 32.4 Å². The maximum atomic E-state index is 12.5. The summed E-state index contributed by atoms with van der Waals surface area (Å²) in [7, 11) is 1.91. The quantitative estimate of drug-likeness (QED) is 0.214. The number of fused-ring (bicyclic) bond motifs is 1. The number of aliphatic hydroxyl groups is 1. The van der Waals surface area contributed by atoms with Crippen molar-refractivity contribution in [2.45, 2.75) is 56.7 Å². The minimum absolute atomic E-state index is 0.0873. The van der Waals surface area contributed by atoms with Crippen molar-refractivity contribution in [1.82, 2.24) is 14.8 Å². The van der Waals surface area contributed by atoms with Crippen LogP contribution in [0.5, 0.6) is 0 Å². The molecule has 1 aromatic rings. The minimum Gasteiger partial charge on any atom is -0.477 e. The zero-order valence-electron chi connectivity index (χ0n) is 19.5. The number of amides is 2. The van der Waals surface area contributed by atoms with Gasteiger partial charge in [0.1, 0.15) is 11.9 Å². The SMILES string of the molecule is C[C@@H](O)[C@H]1C(=O)N2C(C(=O)O)=C(S[C@@H]3CN[C@H](CC[n+]4cc(C=CC(N)=O)n(C)c4)C3)[C@H](C)[C@H]12. The normalized spacial score (nSPS) is 29.6. The number of nitrogens with zero attached hydrogens (tertiary/aromatic N) is 3. The number of nitrogens with one attached hydrogen (secondary N) is 1. The number of imidazole rings is 1. The summed E-state index contributed by atoms with van der Waals surface area (Å²) in [5, 5.41) is 23.6. The fourth-order valence-corrected chi connectivity index (χ4v) is 6.81. The van der Waals surface area contributed by atoms with Gasteiger partial charge in [0, 0.05) is 41.2 Å². The number of aliphatic carboxylic acids is 1. The molecule has 2 amide bonds.